The van der Waals surface area contributed by atoms with Gasteiger partial charge in [-0.15, -0.1) is 21.5 Å². The summed E-state index contributed by atoms with van der Waals surface area (Å²) in [6.07, 6.45) is 7.51. The van der Waals surface area contributed by atoms with E-state index in [2.05, 4.69) is 20.2 Å². The standard InChI is InChI=1S/C20H17FN4OS2/c21-14-8-6-12(7-9-14)15-10-27-18-16(15)19(23-11-22-18)28-20-25-24-17(26-20)13-4-2-1-3-5-13/h6-11,13H,1-5H2. The second-order valence-corrected chi connectivity index (χ2v) is 8.66. The van der Waals surface area contributed by atoms with E-state index in [0.717, 1.165) is 45.1 Å². The Balaban J connectivity index is 1.48. The lowest BCUT2D eigenvalue weighted by Gasteiger charge is -2.17. The summed E-state index contributed by atoms with van der Waals surface area (Å²) < 4.78 is 19.3. The molecule has 1 aliphatic rings. The SMILES string of the molecule is Fc1ccc(-c2csc3ncnc(Sc4nnc(C5CCCCC5)o4)c23)cc1. The minimum Gasteiger partial charge on any atom is -0.415 e. The summed E-state index contributed by atoms with van der Waals surface area (Å²) in [4.78, 5) is 9.71. The fourth-order valence-electron chi connectivity index (χ4n) is 3.63. The van der Waals surface area contributed by atoms with Gasteiger partial charge in [0.05, 0.1) is 5.39 Å². The van der Waals surface area contributed by atoms with Crippen molar-refractivity contribution in [2.75, 3.05) is 0 Å². The molecule has 0 aliphatic heterocycles. The van der Waals surface area contributed by atoms with Gasteiger partial charge in [-0.25, -0.2) is 14.4 Å². The molecular weight excluding hydrogens is 395 g/mol. The number of nitrogens with zero attached hydrogens (tertiary/aromatic N) is 4. The van der Waals surface area contributed by atoms with Gasteiger partial charge < -0.3 is 4.42 Å². The summed E-state index contributed by atoms with van der Waals surface area (Å²) in [5.41, 5.74) is 1.91. The molecule has 3 aromatic heterocycles. The van der Waals surface area contributed by atoms with Crippen LogP contribution in [0.2, 0.25) is 0 Å². The van der Waals surface area contributed by atoms with Crippen LogP contribution < -0.4 is 0 Å². The zero-order chi connectivity index (χ0) is 18.9. The quantitative estimate of drug-likeness (QED) is 0.379. The maximum atomic E-state index is 13.3. The predicted molar refractivity (Wildman–Crippen MR) is 107 cm³/mol. The topological polar surface area (TPSA) is 64.7 Å². The van der Waals surface area contributed by atoms with Crippen molar-refractivity contribution in [1.82, 2.24) is 20.2 Å². The molecule has 0 bridgehead atoms. The summed E-state index contributed by atoms with van der Waals surface area (Å²) >= 11 is 2.90. The third-order valence-electron chi connectivity index (χ3n) is 5.05. The van der Waals surface area contributed by atoms with Gasteiger partial charge in [0.15, 0.2) is 0 Å². The van der Waals surface area contributed by atoms with Crippen LogP contribution in [0.25, 0.3) is 21.3 Å². The van der Waals surface area contributed by atoms with Crippen molar-refractivity contribution in [2.45, 2.75) is 48.3 Å². The van der Waals surface area contributed by atoms with Crippen LogP contribution in [-0.2, 0) is 0 Å². The highest BCUT2D eigenvalue weighted by atomic mass is 32.2. The van der Waals surface area contributed by atoms with Crippen molar-refractivity contribution < 1.29 is 8.81 Å². The molecule has 8 heteroatoms. The molecule has 0 N–H and O–H groups in total. The average Bonchev–Trinajstić information content (AvgIpc) is 3.37. The molecule has 1 saturated carbocycles. The first-order valence-electron chi connectivity index (χ1n) is 9.27. The fourth-order valence-corrected chi connectivity index (χ4v) is 5.39. The van der Waals surface area contributed by atoms with Gasteiger partial charge in [-0.1, -0.05) is 31.4 Å². The second kappa shape index (κ2) is 7.60. The lowest BCUT2D eigenvalue weighted by atomic mass is 9.89. The molecular formula is C20H17FN4OS2. The highest BCUT2D eigenvalue weighted by Crippen LogP contribution is 2.40. The van der Waals surface area contributed by atoms with E-state index in [-0.39, 0.29) is 5.82 Å². The van der Waals surface area contributed by atoms with Gasteiger partial charge in [-0.05, 0) is 42.3 Å². The normalized spacial score (nSPS) is 15.3. The van der Waals surface area contributed by atoms with Gasteiger partial charge >= 0.3 is 0 Å². The number of hydrogen-bond donors (Lipinski definition) is 0. The van der Waals surface area contributed by atoms with Gasteiger partial charge in [-0.2, -0.15) is 0 Å². The fraction of sp³-hybridized carbons (Fsp3) is 0.300. The van der Waals surface area contributed by atoms with Crippen LogP contribution in [-0.4, -0.2) is 20.2 Å². The second-order valence-electron chi connectivity index (χ2n) is 6.86. The van der Waals surface area contributed by atoms with Crippen LogP contribution in [0.1, 0.15) is 43.9 Å². The minimum atomic E-state index is -0.254. The lowest BCUT2D eigenvalue weighted by Crippen LogP contribution is -2.04. The highest BCUT2D eigenvalue weighted by molar-refractivity contribution is 7.99. The van der Waals surface area contributed by atoms with Crippen LogP contribution in [0, 0.1) is 5.82 Å². The lowest BCUT2D eigenvalue weighted by molar-refractivity contribution is 0.334. The number of halogens is 1. The highest BCUT2D eigenvalue weighted by Gasteiger charge is 2.22. The molecule has 5 nitrogen and oxygen atoms in total. The smallest absolute Gasteiger partial charge is 0.282 e. The summed E-state index contributed by atoms with van der Waals surface area (Å²) in [5, 5.41) is 12.7. The molecule has 0 amide bonds. The van der Waals surface area contributed by atoms with Gasteiger partial charge in [-0.3, -0.25) is 0 Å². The summed E-state index contributed by atoms with van der Waals surface area (Å²) in [6.45, 7) is 0. The monoisotopic (exact) mass is 412 g/mol. The first-order chi connectivity index (χ1) is 13.8. The minimum absolute atomic E-state index is 0.254. The van der Waals surface area contributed by atoms with Gasteiger partial charge in [0.2, 0.25) is 5.89 Å². The van der Waals surface area contributed by atoms with Crippen molar-refractivity contribution in [3.05, 3.63) is 47.7 Å². The van der Waals surface area contributed by atoms with Crippen LogP contribution in [0.5, 0.6) is 0 Å². The molecule has 0 spiro atoms. The van der Waals surface area contributed by atoms with E-state index in [1.807, 2.05) is 5.38 Å². The van der Waals surface area contributed by atoms with Crippen LogP contribution in [0.3, 0.4) is 0 Å². The molecule has 1 fully saturated rings. The Kier molecular flexibility index (Phi) is 4.82. The van der Waals surface area contributed by atoms with E-state index >= 15 is 0 Å². The molecule has 0 unspecified atom stereocenters. The Hall–Kier alpha value is -2.32. The number of fused-ring (bicyclic) bond motifs is 1. The van der Waals surface area contributed by atoms with E-state index in [0.29, 0.717) is 11.1 Å². The molecule has 0 atom stereocenters. The average molecular weight is 413 g/mol. The molecule has 3 heterocycles. The Morgan fingerprint density at radius 2 is 1.86 bits per heavy atom. The predicted octanol–water partition coefficient (Wildman–Crippen LogP) is 6.08. The van der Waals surface area contributed by atoms with E-state index < -0.39 is 0 Å². The number of benzene rings is 1. The number of aromatic nitrogens is 4. The van der Waals surface area contributed by atoms with E-state index in [1.54, 1.807) is 29.8 Å². The zero-order valence-electron chi connectivity index (χ0n) is 15.0. The Bertz CT molecular complexity index is 1100. The third-order valence-corrected chi connectivity index (χ3v) is 6.78. The van der Waals surface area contributed by atoms with Crippen molar-refractivity contribution in [3.8, 4) is 11.1 Å². The van der Waals surface area contributed by atoms with Gasteiger partial charge in [0, 0.05) is 16.9 Å². The molecule has 1 aromatic carbocycles. The number of rotatable bonds is 4. The first kappa shape index (κ1) is 17.8. The van der Waals surface area contributed by atoms with Crippen molar-refractivity contribution in [1.29, 1.82) is 0 Å². The molecule has 28 heavy (non-hydrogen) atoms. The Morgan fingerprint density at radius 3 is 2.68 bits per heavy atom. The Labute approximate surface area is 169 Å². The molecule has 0 radical (unpaired) electrons. The van der Waals surface area contributed by atoms with E-state index in [1.165, 1.54) is 43.2 Å². The van der Waals surface area contributed by atoms with Crippen LogP contribution in [0.15, 0.2) is 50.6 Å². The zero-order valence-corrected chi connectivity index (χ0v) is 16.6. The van der Waals surface area contributed by atoms with Crippen molar-refractivity contribution in [2.24, 2.45) is 0 Å². The van der Waals surface area contributed by atoms with E-state index in [4.69, 9.17) is 4.42 Å². The molecule has 1 aliphatic carbocycles. The Morgan fingerprint density at radius 1 is 1.04 bits per heavy atom. The van der Waals surface area contributed by atoms with E-state index in [9.17, 15) is 4.39 Å². The molecule has 142 valence electrons. The largest absolute Gasteiger partial charge is 0.415 e. The van der Waals surface area contributed by atoms with Gasteiger partial charge in [0.25, 0.3) is 5.22 Å². The number of thiophene rings is 1. The van der Waals surface area contributed by atoms with Crippen LogP contribution >= 0.6 is 23.1 Å². The number of hydrogen-bond acceptors (Lipinski definition) is 7. The van der Waals surface area contributed by atoms with Crippen LogP contribution in [0.4, 0.5) is 4.39 Å². The van der Waals surface area contributed by atoms with Crippen molar-refractivity contribution >= 4 is 33.3 Å². The van der Waals surface area contributed by atoms with Crippen molar-refractivity contribution in [3.63, 3.8) is 0 Å². The van der Waals surface area contributed by atoms with Gasteiger partial charge in [0.1, 0.15) is 22.0 Å². The maximum absolute atomic E-state index is 13.3. The maximum Gasteiger partial charge on any atom is 0.282 e. The first-order valence-corrected chi connectivity index (χ1v) is 11.0. The molecule has 0 saturated heterocycles. The summed E-state index contributed by atoms with van der Waals surface area (Å²) in [7, 11) is 0. The molecule has 4 aromatic rings. The summed E-state index contributed by atoms with van der Waals surface area (Å²) in [6, 6.07) is 6.46. The third kappa shape index (κ3) is 3.42. The summed E-state index contributed by atoms with van der Waals surface area (Å²) in [5.74, 6) is 0.851. The molecule has 5 rings (SSSR count).